The van der Waals surface area contributed by atoms with Gasteiger partial charge in [0, 0.05) is 20.1 Å². The molecule has 86 valence electrons. The van der Waals surface area contributed by atoms with Gasteiger partial charge in [0.2, 0.25) is 0 Å². The number of halogens is 1. The summed E-state index contributed by atoms with van der Waals surface area (Å²) in [5, 5.41) is 23.1. The Balaban J connectivity index is 2.63. The van der Waals surface area contributed by atoms with E-state index in [1.165, 1.54) is 0 Å². The van der Waals surface area contributed by atoms with Crippen LogP contribution in [0.3, 0.4) is 0 Å². The lowest BCUT2D eigenvalue weighted by Crippen LogP contribution is -2.14. The molecule has 1 rings (SSSR count). The molecule has 1 heterocycles. The zero-order chi connectivity index (χ0) is 11.4. The molecule has 0 aliphatic heterocycles. The van der Waals surface area contributed by atoms with E-state index in [1.54, 1.807) is 4.68 Å². The van der Waals surface area contributed by atoms with E-state index in [9.17, 15) is 5.11 Å². The molecule has 5 heteroatoms. The van der Waals surface area contributed by atoms with Crippen LogP contribution in [0.15, 0.2) is 0 Å². The maximum absolute atomic E-state index is 9.68. The summed E-state index contributed by atoms with van der Waals surface area (Å²) in [6, 6.07) is 0. The van der Waals surface area contributed by atoms with Gasteiger partial charge in [-0.15, -0.1) is 0 Å². The van der Waals surface area contributed by atoms with E-state index in [2.05, 4.69) is 5.10 Å². The minimum absolute atomic E-state index is 0.106. The van der Waals surface area contributed by atoms with E-state index in [1.807, 2.05) is 14.0 Å². The fraction of sp³-hybridized carbons (Fsp3) is 0.700. The quantitative estimate of drug-likeness (QED) is 0.798. The van der Waals surface area contributed by atoms with Crippen molar-refractivity contribution >= 4 is 11.6 Å². The maximum atomic E-state index is 9.68. The Morgan fingerprint density at radius 2 is 2.20 bits per heavy atom. The van der Waals surface area contributed by atoms with Crippen LogP contribution in [0.5, 0.6) is 0 Å². The molecular formula is C10H17ClN2O2. The monoisotopic (exact) mass is 232 g/mol. The predicted octanol–water partition coefficient (Wildman–Crippen LogP) is 1.06. The first-order valence-corrected chi connectivity index (χ1v) is 5.41. The largest absolute Gasteiger partial charge is 0.396 e. The van der Waals surface area contributed by atoms with Crippen LogP contribution >= 0.6 is 11.6 Å². The lowest BCUT2D eigenvalue weighted by molar-refractivity contribution is 0.148. The first kappa shape index (κ1) is 12.5. The van der Waals surface area contributed by atoms with Gasteiger partial charge in [-0.2, -0.15) is 5.10 Å². The minimum atomic E-state index is -0.468. The zero-order valence-electron chi connectivity index (χ0n) is 9.07. The van der Waals surface area contributed by atoms with Crippen molar-refractivity contribution in [1.29, 1.82) is 0 Å². The molecule has 1 atom stereocenters. The molecule has 0 saturated heterocycles. The Morgan fingerprint density at radius 1 is 1.53 bits per heavy atom. The summed E-state index contributed by atoms with van der Waals surface area (Å²) >= 11 is 6.05. The van der Waals surface area contributed by atoms with E-state index in [4.69, 9.17) is 16.7 Å². The van der Waals surface area contributed by atoms with E-state index in [-0.39, 0.29) is 6.61 Å². The number of rotatable bonds is 5. The topological polar surface area (TPSA) is 58.3 Å². The van der Waals surface area contributed by atoms with Crippen molar-refractivity contribution in [2.75, 3.05) is 6.61 Å². The van der Waals surface area contributed by atoms with Crippen LogP contribution in [-0.2, 0) is 13.5 Å². The lowest BCUT2D eigenvalue weighted by Gasteiger charge is -2.10. The highest BCUT2D eigenvalue weighted by Crippen LogP contribution is 2.21. The molecule has 0 aromatic carbocycles. The second-order valence-corrected chi connectivity index (χ2v) is 4.07. The number of aliphatic hydroxyl groups excluding tert-OH is 2. The fourth-order valence-electron chi connectivity index (χ4n) is 1.55. The third kappa shape index (κ3) is 3.19. The average Bonchev–Trinajstić information content (AvgIpc) is 2.42. The summed E-state index contributed by atoms with van der Waals surface area (Å²) in [6.45, 7) is 1.95. The van der Waals surface area contributed by atoms with Crippen molar-refractivity contribution in [3.8, 4) is 0 Å². The predicted molar refractivity (Wildman–Crippen MR) is 59.0 cm³/mol. The molecule has 4 nitrogen and oxygen atoms in total. The summed E-state index contributed by atoms with van der Waals surface area (Å²) in [6.07, 6.45) is 1.20. The normalized spacial score (nSPS) is 13.1. The van der Waals surface area contributed by atoms with Gasteiger partial charge in [0.15, 0.2) is 0 Å². The van der Waals surface area contributed by atoms with Crippen LogP contribution in [0.1, 0.15) is 24.2 Å². The van der Waals surface area contributed by atoms with Crippen molar-refractivity contribution in [3.63, 3.8) is 0 Å². The molecule has 15 heavy (non-hydrogen) atoms. The smallest absolute Gasteiger partial charge is 0.0847 e. The number of hydrogen-bond acceptors (Lipinski definition) is 3. The van der Waals surface area contributed by atoms with E-state index in [0.717, 1.165) is 11.4 Å². The van der Waals surface area contributed by atoms with Crippen molar-refractivity contribution in [2.24, 2.45) is 7.05 Å². The summed E-state index contributed by atoms with van der Waals surface area (Å²) in [4.78, 5) is 0. The van der Waals surface area contributed by atoms with Crippen molar-refractivity contribution < 1.29 is 10.2 Å². The highest BCUT2D eigenvalue weighted by molar-refractivity contribution is 6.31. The van der Waals surface area contributed by atoms with Gasteiger partial charge < -0.3 is 10.2 Å². The molecule has 0 aliphatic rings. The maximum Gasteiger partial charge on any atom is 0.0847 e. The standard InChI is InChI=1S/C10H17ClN2O2/c1-7-10(11)9(13(2)12-7)6-8(15)4-3-5-14/h8,14-15H,3-6H2,1-2H3. The van der Waals surface area contributed by atoms with Crippen molar-refractivity contribution in [1.82, 2.24) is 9.78 Å². The molecule has 0 amide bonds. The SMILES string of the molecule is Cc1nn(C)c(CC(O)CCCO)c1Cl. The number of hydrogen-bond donors (Lipinski definition) is 2. The van der Waals surface area contributed by atoms with Gasteiger partial charge in [0.25, 0.3) is 0 Å². The van der Waals surface area contributed by atoms with Gasteiger partial charge in [-0.05, 0) is 19.8 Å². The van der Waals surface area contributed by atoms with Crippen molar-refractivity contribution in [2.45, 2.75) is 32.3 Å². The van der Waals surface area contributed by atoms with E-state index < -0.39 is 6.10 Å². The van der Waals surface area contributed by atoms with Crippen LogP contribution in [0.2, 0.25) is 5.02 Å². The van der Waals surface area contributed by atoms with E-state index >= 15 is 0 Å². The number of aliphatic hydroxyl groups is 2. The Labute approximate surface area is 94.5 Å². The molecule has 0 saturated carbocycles. The van der Waals surface area contributed by atoms with Crippen LogP contribution in [0, 0.1) is 6.92 Å². The Bertz CT molecular complexity index is 325. The molecule has 1 aromatic heterocycles. The molecular weight excluding hydrogens is 216 g/mol. The molecule has 2 N–H and O–H groups in total. The highest BCUT2D eigenvalue weighted by Gasteiger charge is 2.14. The Hall–Kier alpha value is -0.580. The van der Waals surface area contributed by atoms with Gasteiger partial charge in [0.1, 0.15) is 0 Å². The third-order valence-electron chi connectivity index (χ3n) is 2.39. The van der Waals surface area contributed by atoms with Crippen LogP contribution in [-0.4, -0.2) is 32.7 Å². The lowest BCUT2D eigenvalue weighted by atomic mass is 10.1. The molecule has 0 radical (unpaired) electrons. The summed E-state index contributed by atoms with van der Waals surface area (Å²) in [7, 11) is 1.81. The van der Waals surface area contributed by atoms with E-state index in [0.29, 0.717) is 24.3 Å². The Morgan fingerprint density at radius 3 is 2.67 bits per heavy atom. The second kappa shape index (κ2) is 5.49. The van der Waals surface area contributed by atoms with Crippen LogP contribution in [0.25, 0.3) is 0 Å². The van der Waals surface area contributed by atoms with Gasteiger partial charge in [-0.25, -0.2) is 0 Å². The Kier molecular flexibility index (Phi) is 4.57. The molecule has 0 spiro atoms. The summed E-state index contributed by atoms with van der Waals surface area (Å²) in [5.74, 6) is 0. The van der Waals surface area contributed by atoms with Gasteiger partial charge in [0.05, 0.1) is 22.5 Å². The first-order chi connectivity index (χ1) is 7.06. The first-order valence-electron chi connectivity index (χ1n) is 5.03. The highest BCUT2D eigenvalue weighted by atomic mass is 35.5. The van der Waals surface area contributed by atoms with Gasteiger partial charge in [-0.1, -0.05) is 11.6 Å². The van der Waals surface area contributed by atoms with Gasteiger partial charge in [-0.3, -0.25) is 4.68 Å². The number of nitrogens with zero attached hydrogens (tertiary/aromatic N) is 2. The third-order valence-corrected chi connectivity index (χ3v) is 2.88. The molecule has 1 unspecified atom stereocenters. The number of aromatic nitrogens is 2. The minimum Gasteiger partial charge on any atom is -0.396 e. The van der Waals surface area contributed by atoms with Crippen LogP contribution in [0.4, 0.5) is 0 Å². The number of aryl methyl sites for hydroxylation is 2. The van der Waals surface area contributed by atoms with Crippen molar-refractivity contribution in [3.05, 3.63) is 16.4 Å². The fourth-order valence-corrected chi connectivity index (χ4v) is 1.79. The molecule has 1 aromatic rings. The van der Waals surface area contributed by atoms with Crippen LogP contribution < -0.4 is 0 Å². The zero-order valence-corrected chi connectivity index (χ0v) is 9.83. The second-order valence-electron chi connectivity index (χ2n) is 3.69. The molecule has 0 aliphatic carbocycles. The molecule has 0 bridgehead atoms. The summed E-state index contributed by atoms with van der Waals surface area (Å²) < 4.78 is 1.69. The van der Waals surface area contributed by atoms with Gasteiger partial charge >= 0.3 is 0 Å². The summed E-state index contributed by atoms with van der Waals surface area (Å²) in [5.41, 5.74) is 1.63. The molecule has 0 fully saturated rings. The average molecular weight is 233 g/mol.